The second-order valence-electron chi connectivity index (χ2n) is 22.5. The normalized spacial score (nSPS) is 11.7. The van der Waals surface area contributed by atoms with E-state index in [4.69, 9.17) is 47.1 Å². The fourth-order valence-corrected chi connectivity index (χ4v) is 12.7. The summed E-state index contributed by atoms with van der Waals surface area (Å²) < 4.78 is 0. The fraction of sp³-hybridized carbons (Fsp3) is 0.230. The molecule has 0 unspecified atom stereocenters. The Morgan fingerprint density at radius 2 is 0.981 bits per heavy atom. The maximum atomic E-state index is 11.9. The Morgan fingerprint density at radius 3 is 1.31 bits per heavy atom. The average molecular weight is 1470 g/mol. The molecule has 0 atom stereocenters. The van der Waals surface area contributed by atoms with Gasteiger partial charge in [-0.15, -0.1) is 40.2 Å². The predicted molar refractivity (Wildman–Crippen MR) is 401 cm³/mol. The molecule has 104 heavy (non-hydrogen) atoms. The molecule has 0 bridgehead atoms. The smallest absolute Gasteiger partial charge is 0.269 e. The van der Waals surface area contributed by atoms with E-state index >= 15 is 0 Å². The number of aliphatic hydroxyl groups is 2. The number of β-amino-alcohol motifs (C(OH)–C–C–N with tert-alkyl or cyclic N) is 2. The molecule has 9 aromatic rings. The van der Waals surface area contributed by atoms with Crippen LogP contribution in [0.25, 0.3) is 47.9 Å². The Hall–Kier alpha value is -11.9. The van der Waals surface area contributed by atoms with E-state index in [1.54, 1.807) is 70.1 Å². The highest BCUT2D eigenvalue weighted by Gasteiger charge is 2.32. The molecule has 8 heterocycles. The van der Waals surface area contributed by atoms with Crippen molar-refractivity contribution in [3.63, 3.8) is 0 Å². The Labute approximate surface area is 618 Å². The van der Waals surface area contributed by atoms with Crippen LogP contribution in [0.1, 0.15) is 85.1 Å². The third-order valence-electron chi connectivity index (χ3n) is 15.0. The number of carbonyl (C=O) groups excluding carboxylic acids is 3. The van der Waals surface area contributed by atoms with Gasteiger partial charge in [0.2, 0.25) is 17.1 Å². The van der Waals surface area contributed by atoms with Gasteiger partial charge in [0.15, 0.2) is 5.34 Å². The summed E-state index contributed by atoms with van der Waals surface area (Å²) in [5.41, 5.74) is 14.8. The number of nitrogens with zero attached hydrogens (tertiary/aromatic N) is 14. The molecule has 0 saturated carbocycles. The second-order valence-corrected chi connectivity index (χ2v) is 25.8. The van der Waals surface area contributed by atoms with Gasteiger partial charge in [-0.25, -0.2) is 29.5 Å². The molecule has 30 heteroatoms. The van der Waals surface area contributed by atoms with E-state index in [0.29, 0.717) is 120 Å². The molecule has 8 N–H and O–H groups in total. The molecule has 11 rings (SSSR count). The first-order valence-corrected chi connectivity index (χ1v) is 35.0. The van der Waals surface area contributed by atoms with E-state index in [1.165, 1.54) is 35.3 Å². The molecule has 0 aliphatic carbocycles. The van der Waals surface area contributed by atoms with Crippen molar-refractivity contribution in [2.45, 2.75) is 64.8 Å². The van der Waals surface area contributed by atoms with Crippen LogP contribution in [0.3, 0.4) is 0 Å². The van der Waals surface area contributed by atoms with Gasteiger partial charge < -0.3 is 47.0 Å². The number of anilines is 2. The van der Waals surface area contributed by atoms with Gasteiger partial charge in [0.25, 0.3) is 17.7 Å². The summed E-state index contributed by atoms with van der Waals surface area (Å²) in [5.74, 6) is 1.68. The molecular formula is C74H68ClN19O7S3. The summed E-state index contributed by atoms with van der Waals surface area (Å²) >= 11 is 10.3. The SMILES string of the molecule is CC(C)CCON=O.OC1CNC1.[C-]#[N+]c1c(Cl)nc(SCc2ccnc(C(=O)NC)c2)c(C#N)c1-c1ccccc1.[C-]#[N+]c1c(N)nc(SCc2ccnc(C(=O)NC)c2)c(C#N)c1-c1ccccc1.[C-]#[N+]c1c(N2CC(O)C2)nc(SCc2ccnc(C(=O)NC)c2)c(C#N)c1-c1ccccc1. The minimum atomic E-state index is -0.461. The number of nitrogens with two attached hydrogens (primary N) is 1. The number of nitrogens with one attached hydrogen (secondary N) is 4. The summed E-state index contributed by atoms with van der Waals surface area (Å²) in [6.45, 7) is 29.7. The van der Waals surface area contributed by atoms with E-state index in [2.05, 4.69) is 103 Å². The molecule has 2 fully saturated rings. The largest absolute Gasteiger partial charge is 0.392 e. The van der Waals surface area contributed by atoms with Crippen LogP contribution < -0.4 is 31.9 Å². The highest BCUT2D eigenvalue weighted by molar-refractivity contribution is 7.99. The van der Waals surface area contributed by atoms with Crippen molar-refractivity contribution in [3.8, 4) is 51.6 Å². The molecule has 526 valence electrons. The Bertz CT molecular complexity index is 4600. The first-order chi connectivity index (χ1) is 50.4. The molecule has 6 aromatic heterocycles. The van der Waals surface area contributed by atoms with Gasteiger partial charge in [-0.05, 0) is 82.1 Å². The standard InChI is InChI=1S/C24H20N6O2S.C21H14ClN5OS.C21H16N6OS.C5H11NO2.C3H7NO/c1-26-21-20(16-6-4-3-5-7-16)18(11-25)24(29-22(21)30-12-17(31)13-30)33-14-15-8-9-28-19(10-15)23(32)27-2;1-24-18-17(14-6-4-3-5-7-14)15(11-23)21(27-19(18)22)29-12-13-8-9-26-16(10-13)20(28)25-2;1-24-18-17(14-6-4-3-5-7-14)15(11-22)21(27-19(18)23)29-12-13-8-9-26-16(10-13)20(28)25-2;1-5(2)3-4-8-6-7;5-3-1-4-2-3/h3-10,17,31H,12-14H2,2H3,(H,27,32);3-10H,12H2,2H3,(H,25,28);3-10H,12H2,2H3,(H2,23,27)(H,25,28);5H,3-4H2,1-2H3;3-5H,1-2H2. The van der Waals surface area contributed by atoms with Crippen LogP contribution >= 0.6 is 46.9 Å². The van der Waals surface area contributed by atoms with Crippen LogP contribution in [0.2, 0.25) is 5.15 Å². The number of benzene rings is 3. The Kier molecular flexibility index (Phi) is 31.0. The zero-order valence-corrected chi connectivity index (χ0v) is 60.0. The number of amides is 3. The lowest BCUT2D eigenvalue weighted by Crippen LogP contribution is -2.51. The number of hydrogen-bond donors (Lipinski definition) is 7. The summed E-state index contributed by atoms with van der Waals surface area (Å²) in [6, 6.07) is 44.8. The van der Waals surface area contributed by atoms with Gasteiger partial charge in [-0.2, -0.15) is 15.8 Å². The van der Waals surface area contributed by atoms with E-state index in [9.17, 15) is 40.2 Å². The number of halogens is 1. The Morgan fingerprint density at radius 1 is 0.615 bits per heavy atom. The molecule has 2 saturated heterocycles. The van der Waals surface area contributed by atoms with Crippen LogP contribution in [0.15, 0.2) is 166 Å². The van der Waals surface area contributed by atoms with Gasteiger partial charge in [0, 0.05) is 99.9 Å². The monoisotopic (exact) mass is 1470 g/mol. The fourth-order valence-electron chi connectivity index (χ4n) is 9.60. The van der Waals surface area contributed by atoms with Crippen LogP contribution in [0.4, 0.5) is 28.7 Å². The van der Waals surface area contributed by atoms with Gasteiger partial charge in [-0.3, -0.25) is 29.3 Å². The molecule has 2 aliphatic rings. The van der Waals surface area contributed by atoms with E-state index in [0.717, 1.165) is 52.9 Å². The maximum Gasteiger partial charge on any atom is 0.269 e. The number of thioether (sulfide) groups is 3. The van der Waals surface area contributed by atoms with Gasteiger partial charge in [-0.1, -0.05) is 116 Å². The number of carbonyl (C=O) groups is 3. The van der Waals surface area contributed by atoms with E-state index in [1.807, 2.05) is 102 Å². The average Bonchev–Trinajstić information content (AvgIpc) is 0.765. The number of hydrogen-bond acceptors (Lipinski definition) is 23. The molecule has 26 nitrogen and oxygen atoms in total. The van der Waals surface area contributed by atoms with Crippen molar-refractivity contribution in [2.75, 3.05) is 64.6 Å². The maximum absolute atomic E-state index is 11.9. The molecular weight excluding hydrogens is 1400 g/mol. The lowest BCUT2D eigenvalue weighted by molar-refractivity contribution is 0.0950. The number of rotatable bonds is 20. The number of pyridine rings is 6. The molecule has 0 spiro atoms. The topological polar surface area (TPSA) is 370 Å². The van der Waals surface area contributed by atoms with Crippen LogP contribution in [0.5, 0.6) is 0 Å². The summed E-state index contributed by atoms with van der Waals surface area (Å²) in [6.07, 6.45) is 5.08. The predicted octanol–water partition coefficient (Wildman–Crippen LogP) is 12.8. The number of aromatic nitrogens is 6. The minimum absolute atomic E-state index is 0.0463. The van der Waals surface area contributed by atoms with Crippen LogP contribution in [-0.2, 0) is 22.1 Å². The quantitative estimate of drug-likeness (QED) is 0.00930. The van der Waals surface area contributed by atoms with E-state index < -0.39 is 6.10 Å². The third-order valence-corrected chi connectivity index (χ3v) is 18.4. The summed E-state index contributed by atoms with van der Waals surface area (Å²) in [7, 11) is 4.63. The first-order valence-electron chi connectivity index (χ1n) is 31.7. The van der Waals surface area contributed by atoms with Gasteiger partial charge in [0.05, 0.1) is 48.6 Å². The zero-order chi connectivity index (χ0) is 75.1. The third kappa shape index (κ3) is 21.6. The highest BCUT2D eigenvalue weighted by atomic mass is 35.5. The number of nitriles is 3. The number of aliphatic hydroxyl groups excluding tert-OH is 2. The second kappa shape index (κ2) is 40.5. The summed E-state index contributed by atoms with van der Waals surface area (Å²) in [5, 5.41) is 62.1. The van der Waals surface area contributed by atoms with Gasteiger partial charge >= 0.3 is 0 Å². The van der Waals surface area contributed by atoms with Crippen molar-refractivity contribution in [2.24, 2.45) is 11.3 Å². The van der Waals surface area contributed by atoms with Crippen molar-refractivity contribution < 1.29 is 29.4 Å². The first kappa shape index (κ1) is 79.5. The van der Waals surface area contributed by atoms with Crippen molar-refractivity contribution in [1.29, 1.82) is 15.8 Å². The lowest BCUT2D eigenvalue weighted by atomic mass is 9.99. The van der Waals surface area contributed by atoms with Crippen molar-refractivity contribution >= 4 is 93.3 Å². The summed E-state index contributed by atoms with van der Waals surface area (Å²) in [4.78, 5) is 87.0. The minimum Gasteiger partial charge on any atom is -0.392 e. The number of nitrogen functional groups attached to an aromatic ring is 1. The van der Waals surface area contributed by atoms with Crippen molar-refractivity contribution in [3.05, 3.63) is 241 Å². The molecule has 3 aromatic carbocycles. The van der Waals surface area contributed by atoms with E-state index in [-0.39, 0.29) is 46.2 Å². The van der Waals surface area contributed by atoms with Crippen LogP contribution in [0, 0.1) is 64.5 Å². The zero-order valence-electron chi connectivity index (χ0n) is 56.8. The van der Waals surface area contributed by atoms with Gasteiger partial charge in [0.1, 0.15) is 73.8 Å². The van der Waals surface area contributed by atoms with Crippen LogP contribution in [-0.4, -0.2) is 124 Å². The Balaban J connectivity index is 0.000000200. The molecule has 3 amide bonds. The van der Waals surface area contributed by atoms with Crippen molar-refractivity contribution in [1.82, 2.24) is 51.2 Å². The lowest BCUT2D eigenvalue weighted by Gasteiger charge is -2.38. The molecule has 2 aliphatic heterocycles. The molecule has 0 radical (unpaired) electrons. The highest BCUT2D eigenvalue weighted by Crippen LogP contribution is 2.46.